The Morgan fingerprint density at radius 2 is 2.11 bits per heavy atom. The van der Waals surface area contributed by atoms with Gasteiger partial charge in [-0.1, -0.05) is 6.92 Å². The zero-order valence-electron chi connectivity index (χ0n) is 10.6. The van der Waals surface area contributed by atoms with Gasteiger partial charge in [0, 0.05) is 13.1 Å². The summed E-state index contributed by atoms with van der Waals surface area (Å²) >= 11 is 1.06. The van der Waals surface area contributed by atoms with Crippen LogP contribution in [0.15, 0.2) is 4.90 Å². The maximum Gasteiger partial charge on any atom is 0.185 e. The highest BCUT2D eigenvalue weighted by atomic mass is 32.2. The summed E-state index contributed by atoms with van der Waals surface area (Å²) in [6.45, 7) is 4.61. The van der Waals surface area contributed by atoms with Gasteiger partial charge in [0.15, 0.2) is 15.7 Å². The first-order chi connectivity index (χ1) is 8.47. The van der Waals surface area contributed by atoms with Crippen LogP contribution in [0, 0.1) is 0 Å². The minimum atomic E-state index is -3.40. The van der Waals surface area contributed by atoms with Gasteiger partial charge in [-0.3, -0.25) is 0 Å². The number of nitrogens with zero attached hydrogens (tertiary/aromatic N) is 2. The Balaban J connectivity index is 3.23. The van der Waals surface area contributed by atoms with Crippen molar-refractivity contribution in [1.29, 1.82) is 0 Å². The van der Waals surface area contributed by atoms with Crippen LogP contribution in [0.2, 0.25) is 0 Å². The topological polar surface area (TPSA) is 96.5 Å². The molecule has 0 radical (unpaired) electrons. The second kappa shape index (κ2) is 6.35. The number of anilines is 2. The smallest absolute Gasteiger partial charge is 0.185 e. The third-order valence-corrected chi connectivity index (χ3v) is 5.50. The Kier molecular flexibility index (Phi) is 5.36. The lowest BCUT2D eigenvalue weighted by Gasteiger charge is -2.20. The van der Waals surface area contributed by atoms with E-state index in [9.17, 15) is 8.42 Å². The zero-order chi connectivity index (χ0) is 13.8. The van der Waals surface area contributed by atoms with Gasteiger partial charge in [0.05, 0.1) is 12.4 Å². The van der Waals surface area contributed by atoms with Gasteiger partial charge >= 0.3 is 0 Å². The van der Waals surface area contributed by atoms with E-state index in [1.165, 1.54) is 0 Å². The Labute approximate surface area is 112 Å². The van der Waals surface area contributed by atoms with Gasteiger partial charge in [0.2, 0.25) is 0 Å². The van der Waals surface area contributed by atoms with Crippen LogP contribution in [-0.2, 0) is 9.84 Å². The molecule has 0 fully saturated rings. The molecule has 0 bridgehead atoms. The highest BCUT2D eigenvalue weighted by Gasteiger charge is 2.27. The Bertz CT molecular complexity index is 485. The van der Waals surface area contributed by atoms with Crippen LogP contribution in [-0.4, -0.2) is 43.3 Å². The van der Waals surface area contributed by atoms with Crippen LogP contribution < -0.4 is 10.6 Å². The highest BCUT2D eigenvalue weighted by Crippen LogP contribution is 2.35. The third kappa shape index (κ3) is 3.12. The summed E-state index contributed by atoms with van der Waals surface area (Å²) < 4.78 is 28.2. The lowest BCUT2D eigenvalue weighted by molar-refractivity contribution is 0.302. The standard InChI is InChI=1S/C10H19N3O3S2/c1-3-7-18(15,16)8-9(11)12-17-10(8)13(4-2)5-6-14/h14H,3-7H2,1-2H3,(H2,11,12). The molecule has 0 aliphatic rings. The van der Waals surface area contributed by atoms with E-state index in [0.29, 0.717) is 24.5 Å². The number of rotatable bonds is 7. The van der Waals surface area contributed by atoms with Gasteiger partial charge in [0.25, 0.3) is 0 Å². The number of aliphatic hydroxyl groups is 1. The third-order valence-electron chi connectivity index (χ3n) is 2.48. The van der Waals surface area contributed by atoms with Crippen LogP contribution in [0.3, 0.4) is 0 Å². The molecule has 104 valence electrons. The molecular weight excluding hydrogens is 274 g/mol. The van der Waals surface area contributed by atoms with E-state index in [4.69, 9.17) is 10.8 Å². The first kappa shape index (κ1) is 15.2. The molecule has 0 aromatic carbocycles. The second-order valence-electron chi connectivity index (χ2n) is 3.82. The fourth-order valence-electron chi connectivity index (χ4n) is 1.67. The summed E-state index contributed by atoms with van der Waals surface area (Å²) in [6.07, 6.45) is 0.531. The number of nitrogen functional groups attached to an aromatic ring is 1. The molecule has 0 amide bonds. The summed E-state index contributed by atoms with van der Waals surface area (Å²) in [5.74, 6) is 0.110. The van der Waals surface area contributed by atoms with Crippen molar-refractivity contribution in [3.8, 4) is 0 Å². The van der Waals surface area contributed by atoms with Crippen molar-refractivity contribution < 1.29 is 13.5 Å². The highest BCUT2D eigenvalue weighted by molar-refractivity contribution is 7.91. The van der Waals surface area contributed by atoms with Crippen molar-refractivity contribution in [1.82, 2.24) is 4.37 Å². The van der Waals surface area contributed by atoms with Crippen LogP contribution in [0.5, 0.6) is 0 Å². The summed E-state index contributed by atoms with van der Waals surface area (Å²) in [5.41, 5.74) is 5.68. The largest absolute Gasteiger partial charge is 0.395 e. The SMILES string of the molecule is CCCS(=O)(=O)c1c(N)nsc1N(CC)CCO. The Morgan fingerprint density at radius 1 is 1.44 bits per heavy atom. The van der Waals surface area contributed by atoms with Crippen LogP contribution in [0.1, 0.15) is 20.3 Å². The van der Waals surface area contributed by atoms with Crippen LogP contribution in [0.4, 0.5) is 10.8 Å². The molecule has 0 unspecified atom stereocenters. The molecule has 1 aromatic heterocycles. The molecule has 0 spiro atoms. The van der Waals surface area contributed by atoms with E-state index >= 15 is 0 Å². The number of hydrogen-bond donors (Lipinski definition) is 2. The molecule has 0 aliphatic carbocycles. The molecule has 18 heavy (non-hydrogen) atoms. The van der Waals surface area contributed by atoms with E-state index in [2.05, 4.69) is 4.37 Å². The lowest BCUT2D eigenvalue weighted by Crippen LogP contribution is -2.27. The molecule has 0 aliphatic heterocycles. The van der Waals surface area contributed by atoms with Gasteiger partial charge in [-0.2, -0.15) is 4.37 Å². The minimum Gasteiger partial charge on any atom is -0.395 e. The molecule has 3 N–H and O–H groups in total. The Hall–Kier alpha value is -0.860. The lowest BCUT2D eigenvalue weighted by atomic mass is 10.5. The number of aliphatic hydroxyl groups excluding tert-OH is 1. The van der Waals surface area contributed by atoms with Gasteiger partial charge in [-0.05, 0) is 24.9 Å². The first-order valence-corrected chi connectivity index (χ1v) is 8.24. The predicted molar refractivity (Wildman–Crippen MR) is 73.8 cm³/mol. The van der Waals surface area contributed by atoms with E-state index < -0.39 is 9.84 Å². The van der Waals surface area contributed by atoms with Gasteiger partial charge in [0.1, 0.15) is 9.90 Å². The quantitative estimate of drug-likeness (QED) is 0.769. The zero-order valence-corrected chi connectivity index (χ0v) is 12.2. The number of sulfone groups is 1. The predicted octanol–water partition coefficient (Wildman–Crippen LogP) is 0.728. The van der Waals surface area contributed by atoms with Crippen molar-refractivity contribution in [2.45, 2.75) is 25.2 Å². The second-order valence-corrected chi connectivity index (χ2v) is 6.62. The monoisotopic (exact) mass is 293 g/mol. The summed E-state index contributed by atoms with van der Waals surface area (Å²) in [4.78, 5) is 1.89. The maximum absolute atomic E-state index is 12.2. The van der Waals surface area contributed by atoms with Gasteiger partial charge < -0.3 is 15.7 Å². The average Bonchev–Trinajstić information content (AvgIpc) is 2.68. The Morgan fingerprint density at radius 3 is 2.61 bits per heavy atom. The van der Waals surface area contributed by atoms with Crippen molar-refractivity contribution in [3.63, 3.8) is 0 Å². The normalized spacial score (nSPS) is 11.7. The first-order valence-electron chi connectivity index (χ1n) is 5.81. The maximum atomic E-state index is 12.2. The minimum absolute atomic E-state index is 0.0427. The number of likely N-dealkylation sites (N-methyl/N-ethyl adjacent to an activating group) is 1. The van der Waals surface area contributed by atoms with E-state index in [0.717, 1.165) is 11.5 Å². The number of hydrogen-bond acceptors (Lipinski definition) is 7. The fourth-order valence-corrected chi connectivity index (χ4v) is 4.52. The summed E-state index contributed by atoms with van der Waals surface area (Å²) in [5, 5.41) is 9.52. The van der Waals surface area contributed by atoms with Crippen molar-refractivity contribution in [2.75, 3.05) is 36.1 Å². The van der Waals surface area contributed by atoms with Crippen LogP contribution >= 0.6 is 11.5 Å². The summed E-state index contributed by atoms with van der Waals surface area (Å²) in [6, 6.07) is 0. The number of nitrogens with two attached hydrogens (primary N) is 1. The molecule has 1 aromatic rings. The van der Waals surface area contributed by atoms with Crippen molar-refractivity contribution in [2.24, 2.45) is 0 Å². The van der Waals surface area contributed by atoms with E-state index in [-0.39, 0.29) is 23.1 Å². The molecule has 1 heterocycles. The molecule has 1 rings (SSSR count). The van der Waals surface area contributed by atoms with Gasteiger partial charge in [-0.15, -0.1) is 0 Å². The molecule has 0 saturated carbocycles. The molecule has 8 heteroatoms. The average molecular weight is 293 g/mol. The van der Waals surface area contributed by atoms with Crippen molar-refractivity contribution >= 4 is 32.2 Å². The van der Waals surface area contributed by atoms with E-state index in [1.807, 2.05) is 6.92 Å². The fraction of sp³-hybridized carbons (Fsp3) is 0.700. The number of aromatic nitrogens is 1. The molecular formula is C10H19N3O3S2. The van der Waals surface area contributed by atoms with E-state index in [1.54, 1.807) is 11.8 Å². The molecule has 0 saturated heterocycles. The van der Waals surface area contributed by atoms with Gasteiger partial charge in [-0.25, -0.2) is 8.42 Å². The summed E-state index contributed by atoms with van der Waals surface area (Å²) in [7, 11) is -3.40. The van der Waals surface area contributed by atoms with Crippen LogP contribution in [0.25, 0.3) is 0 Å². The molecule has 6 nitrogen and oxygen atoms in total. The molecule has 0 atom stereocenters. The van der Waals surface area contributed by atoms with Crippen molar-refractivity contribution in [3.05, 3.63) is 0 Å².